The number of rotatable bonds is 2. The van der Waals surface area contributed by atoms with Gasteiger partial charge in [-0.05, 0) is 12.8 Å². The maximum atomic E-state index is 5.81. The van der Waals surface area contributed by atoms with Crippen LogP contribution in [0, 0.1) is 0 Å². The summed E-state index contributed by atoms with van der Waals surface area (Å²) in [5.74, 6) is 2.79. The molecule has 0 aliphatic heterocycles. The lowest BCUT2D eigenvalue weighted by Gasteiger charge is -2.00. The second-order valence-electron chi connectivity index (χ2n) is 4.60. The average molecular weight is 232 g/mol. The summed E-state index contributed by atoms with van der Waals surface area (Å²) in [6.45, 7) is 0. The monoisotopic (exact) mass is 232 g/mol. The molecule has 0 atom stereocenters. The van der Waals surface area contributed by atoms with E-state index in [1.807, 2.05) is 7.05 Å². The third-order valence-corrected chi connectivity index (χ3v) is 3.41. The molecule has 3 rings (SSSR count). The normalized spacial score (nSPS) is 16.8. The van der Waals surface area contributed by atoms with Crippen LogP contribution in [0.3, 0.4) is 0 Å². The lowest BCUT2D eigenvalue weighted by Crippen LogP contribution is -1.97. The molecule has 1 aliphatic carbocycles. The molecule has 1 aliphatic rings. The Kier molecular flexibility index (Phi) is 2.35. The van der Waals surface area contributed by atoms with Gasteiger partial charge in [0.05, 0.1) is 11.8 Å². The van der Waals surface area contributed by atoms with Crippen LogP contribution in [0.5, 0.6) is 0 Å². The van der Waals surface area contributed by atoms with Crippen LogP contribution >= 0.6 is 0 Å². The number of nitrogens with zero attached hydrogens (tertiary/aromatic N) is 4. The summed E-state index contributed by atoms with van der Waals surface area (Å²) in [6, 6.07) is 0. The molecule has 1 saturated carbocycles. The van der Waals surface area contributed by atoms with E-state index in [1.165, 1.54) is 25.7 Å². The smallest absolute Gasteiger partial charge is 0.163 e. The van der Waals surface area contributed by atoms with Gasteiger partial charge in [0.25, 0.3) is 0 Å². The second-order valence-corrected chi connectivity index (χ2v) is 4.60. The van der Waals surface area contributed by atoms with Crippen molar-refractivity contribution in [2.75, 3.05) is 5.73 Å². The Morgan fingerprint density at radius 3 is 2.82 bits per heavy atom. The van der Waals surface area contributed by atoms with E-state index in [4.69, 9.17) is 5.73 Å². The fourth-order valence-corrected chi connectivity index (χ4v) is 2.47. The lowest BCUT2D eigenvalue weighted by atomic mass is 10.1. The minimum atomic E-state index is 0.517. The van der Waals surface area contributed by atoms with Crippen molar-refractivity contribution in [1.82, 2.24) is 25.0 Å². The maximum absolute atomic E-state index is 5.81. The molecule has 3 N–H and O–H groups in total. The van der Waals surface area contributed by atoms with E-state index in [0.717, 1.165) is 17.2 Å². The van der Waals surface area contributed by atoms with Gasteiger partial charge < -0.3 is 5.73 Å². The number of H-pyrrole nitrogens is 1. The van der Waals surface area contributed by atoms with Gasteiger partial charge in [-0.1, -0.05) is 12.8 Å². The van der Waals surface area contributed by atoms with Crippen molar-refractivity contribution >= 4 is 5.82 Å². The molecule has 0 saturated heterocycles. The van der Waals surface area contributed by atoms with Crippen molar-refractivity contribution in [2.45, 2.75) is 31.6 Å². The molecule has 0 aromatic carbocycles. The number of nitrogens with two attached hydrogens (primary N) is 1. The SMILES string of the molecule is Cn1nc(C2CCCC2)nc1-c1cn[nH]c1N. The molecule has 0 bridgehead atoms. The van der Waals surface area contributed by atoms with Crippen LogP contribution in [-0.2, 0) is 7.05 Å². The van der Waals surface area contributed by atoms with Gasteiger partial charge in [-0.25, -0.2) is 9.67 Å². The molecule has 90 valence electrons. The molecule has 1 fully saturated rings. The molecule has 6 nitrogen and oxygen atoms in total. The predicted molar refractivity (Wildman–Crippen MR) is 64.2 cm³/mol. The van der Waals surface area contributed by atoms with Crippen LogP contribution in [0.15, 0.2) is 6.20 Å². The van der Waals surface area contributed by atoms with Crippen LogP contribution in [0.1, 0.15) is 37.4 Å². The van der Waals surface area contributed by atoms with Crippen molar-refractivity contribution in [2.24, 2.45) is 7.05 Å². The van der Waals surface area contributed by atoms with Gasteiger partial charge in [-0.15, -0.1) is 0 Å². The molecule has 0 unspecified atom stereocenters. The van der Waals surface area contributed by atoms with Crippen molar-refractivity contribution in [1.29, 1.82) is 0 Å². The Labute approximate surface area is 99.2 Å². The Morgan fingerprint density at radius 2 is 2.18 bits per heavy atom. The van der Waals surface area contributed by atoms with Gasteiger partial charge in [0.15, 0.2) is 11.6 Å². The number of aromatic nitrogens is 5. The molecular weight excluding hydrogens is 216 g/mol. The fraction of sp³-hybridized carbons (Fsp3) is 0.545. The predicted octanol–water partition coefficient (Wildman–Crippen LogP) is 1.44. The fourth-order valence-electron chi connectivity index (χ4n) is 2.47. The van der Waals surface area contributed by atoms with Crippen LogP contribution in [-0.4, -0.2) is 25.0 Å². The Hall–Kier alpha value is -1.85. The van der Waals surface area contributed by atoms with E-state index >= 15 is 0 Å². The first-order valence-electron chi connectivity index (χ1n) is 5.96. The van der Waals surface area contributed by atoms with Crippen LogP contribution in [0.4, 0.5) is 5.82 Å². The molecular formula is C11H16N6. The third-order valence-electron chi connectivity index (χ3n) is 3.41. The number of aromatic amines is 1. The maximum Gasteiger partial charge on any atom is 0.163 e. The molecule has 2 aromatic rings. The van der Waals surface area contributed by atoms with Crippen LogP contribution < -0.4 is 5.73 Å². The highest BCUT2D eigenvalue weighted by atomic mass is 15.3. The van der Waals surface area contributed by atoms with Crippen molar-refractivity contribution < 1.29 is 0 Å². The molecule has 6 heteroatoms. The van der Waals surface area contributed by atoms with Gasteiger partial charge in [0.2, 0.25) is 0 Å². The first-order chi connectivity index (χ1) is 8.25. The molecule has 0 amide bonds. The van der Waals surface area contributed by atoms with Crippen LogP contribution in [0.2, 0.25) is 0 Å². The van der Waals surface area contributed by atoms with Crippen molar-refractivity contribution in [3.8, 4) is 11.4 Å². The highest BCUT2D eigenvalue weighted by Crippen LogP contribution is 2.33. The zero-order valence-corrected chi connectivity index (χ0v) is 9.85. The molecule has 0 radical (unpaired) electrons. The van der Waals surface area contributed by atoms with Crippen LogP contribution in [0.25, 0.3) is 11.4 Å². The summed E-state index contributed by atoms with van der Waals surface area (Å²) in [7, 11) is 1.90. The quantitative estimate of drug-likeness (QED) is 0.820. The van der Waals surface area contributed by atoms with E-state index in [9.17, 15) is 0 Å². The summed E-state index contributed by atoms with van der Waals surface area (Å²) < 4.78 is 1.79. The van der Waals surface area contributed by atoms with E-state index in [1.54, 1.807) is 10.9 Å². The number of hydrogen-bond acceptors (Lipinski definition) is 4. The van der Waals surface area contributed by atoms with E-state index in [-0.39, 0.29) is 0 Å². The molecule has 2 aromatic heterocycles. The Bertz CT molecular complexity index is 520. The Balaban J connectivity index is 1.98. The molecule has 0 spiro atoms. The summed E-state index contributed by atoms with van der Waals surface area (Å²) in [5, 5.41) is 11.1. The molecule has 17 heavy (non-hydrogen) atoms. The zero-order valence-electron chi connectivity index (χ0n) is 9.85. The first-order valence-corrected chi connectivity index (χ1v) is 5.96. The third kappa shape index (κ3) is 1.69. The second kappa shape index (κ2) is 3.87. The highest BCUT2D eigenvalue weighted by molar-refractivity contribution is 5.67. The van der Waals surface area contributed by atoms with Gasteiger partial charge >= 0.3 is 0 Å². The number of hydrogen-bond donors (Lipinski definition) is 2. The average Bonchev–Trinajstić information content (AvgIpc) is 2.98. The number of anilines is 1. The number of nitrogen functional groups attached to an aromatic ring is 1. The highest BCUT2D eigenvalue weighted by Gasteiger charge is 2.23. The zero-order chi connectivity index (χ0) is 11.8. The summed E-state index contributed by atoms with van der Waals surface area (Å²) in [4.78, 5) is 4.61. The van der Waals surface area contributed by atoms with Gasteiger partial charge in [-0.2, -0.15) is 10.2 Å². The lowest BCUT2D eigenvalue weighted by molar-refractivity contribution is 0.648. The molecule has 2 heterocycles. The van der Waals surface area contributed by atoms with E-state index in [2.05, 4.69) is 20.3 Å². The van der Waals surface area contributed by atoms with E-state index in [0.29, 0.717) is 11.7 Å². The van der Waals surface area contributed by atoms with Crippen molar-refractivity contribution in [3.05, 3.63) is 12.0 Å². The van der Waals surface area contributed by atoms with Gasteiger partial charge in [0.1, 0.15) is 5.82 Å². The summed E-state index contributed by atoms with van der Waals surface area (Å²) in [6.07, 6.45) is 6.66. The van der Waals surface area contributed by atoms with Gasteiger partial charge in [0, 0.05) is 13.0 Å². The van der Waals surface area contributed by atoms with Crippen molar-refractivity contribution in [3.63, 3.8) is 0 Å². The standard InChI is InChI=1S/C11H16N6/c1-17-11(8-6-13-15-9(8)12)14-10(16-17)7-4-2-3-5-7/h6-7H,2-5H2,1H3,(H3,12,13,15). The number of nitrogens with one attached hydrogen (secondary N) is 1. The summed E-state index contributed by atoms with van der Waals surface area (Å²) >= 11 is 0. The number of aryl methyl sites for hydroxylation is 1. The van der Waals surface area contributed by atoms with E-state index < -0.39 is 0 Å². The summed E-state index contributed by atoms with van der Waals surface area (Å²) in [5.41, 5.74) is 6.63. The Morgan fingerprint density at radius 1 is 1.41 bits per heavy atom. The minimum Gasteiger partial charge on any atom is -0.383 e. The first kappa shape index (κ1) is 10.3. The largest absolute Gasteiger partial charge is 0.383 e. The van der Waals surface area contributed by atoms with Gasteiger partial charge in [-0.3, -0.25) is 5.10 Å². The topological polar surface area (TPSA) is 85.4 Å². The minimum absolute atomic E-state index is 0.517.